The number of hydrogen-bond acceptors (Lipinski definition) is 5. The third kappa shape index (κ3) is 3.25. The van der Waals surface area contributed by atoms with E-state index in [2.05, 4.69) is 77.6 Å². The van der Waals surface area contributed by atoms with Gasteiger partial charge >= 0.3 is 11.9 Å². The first-order chi connectivity index (χ1) is 12.7. The molecule has 0 aliphatic carbocycles. The van der Waals surface area contributed by atoms with Gasteiger partial charge in [0.15, 0.2) is 0 Å². The highest BCUT2D eigenvalue weighted by Gasteiger charge is 2.67. The molecule has 0 fully saturated rings. The van der Waals surface area contributed by atoms with Crippen LogP contribution in [0.15, 0.2) is 29.1 Å². The molecule has 0 bridgehead atoms. The van der Waals surface area contributed by atoms with Crippen LogP contribution >= 0.6 is 63.7 Å². The Labute approximate surface area is 191 Å². The second-order valence-corrected chi connectivity index (χ2v) is 9.71. The Bertz CT molecular complexity index is 736. The van der Waals surface area contributed by atoms with E-state index in [9.17, 15) is 9.59 Å². The van der Waals surface area contributed by atoms with Gasteiger partial charge in [-0.2, -0.15) is 0 Å². The van der Waals surface area contributed by atoms with E-state index in [0.29, 0.717) is 41.9 Å². The quantitative estimate of drug-likeness (QED) is 0.326. The molecule has 0 aromatic heterocycles. The van der Waals surface area contributed by atoms with Crippen LogP contribution in [0.2, 0.25) is 0 Å². The number of esters is 2. The highest BCUT2D eigenvalue weighted by atomic mass is 79.9. The summed E-state index contributed by atoms with van der Waals surface area (Å²) in [7, 11) is 0. The van der Waals surface area contributed by atoms with Gasteiger partial charge in [-0.25, -0.2) is 9.59 Å². The number of carbonyl (C=O) groups is 2. The molecule has 148 valence electrons. The summed E-state index contributed by atoms with van der Waals surface area (Å²) in [5, 5.41) is 0. The average Bonchev–Trinajstić information content (AvgIpc) is 3.10. The monoisotopic (exact) mass is 630 g/mol. The van der Waals surface area contributed by atoms with Gasteiger partial charge in [-0.3, -0.25) is 4.74 Å². The highest BCUT2D eigenvalue weighted by Crippen LogP contribution is 2.62. The summed E-state index contributed by atoms with van der Waals surface area (Å²) in [5.74, 6) is -3.89. The Morgan fingerprint density at radius 3 is 1.41 bits per heavy atom. The second kappa shape index (κ2) is 8.05. The molecular weight excluding hydrogens is 616 g/mol. The molecule has 3 heterocycles. The molecule has 27 heavy (non-hydrogen) atoms. The van der Waals surface area contributed by atoms with Crippen molar-refractivity contribution in [2.45, 2.75) is 63.9 Å². The third-order valence-electron chi connectivity index (χ3n) is 4.69. The topological polar surface area (TPSA) is 61.8 Å². The van der Waals surface area contributed by atoms with E-state index in [1.54, 1.807) is 0 Å². The molecule has 2 atom stereocenters. The van der Waals surface area contributed by atoms with Crippen LogP contribution in [0, 0.1) is 0 Å². The number of ether oxygens (including phenoxy) is 3. The van der Waals surface area contributed by atoms with Crippen molar-refractivity contribution in [1.82, 2.24) is 0 Å². The molecule has 2 spiro atoms. The molecular formula is C18H18Br4O5. The molecule has 9 heteroatoms. The zero-order chi connectivity index (χ0) is 20.0. The second-order valence-electron chi connectivity index (χ2n) is 6.53. The van der Waals surface area contributed by atoms with Crippen LogP contribution < -0.4 is 0 Å². The van der Waals surface area contributed by atoms with Crippen LogP contribution in [0.25, 0.3) is 0 Å². The van der Waals surface area contributed by atoms with Crippen LogP contribution in [-0.4, -0.2) is 23.5 Å². The molecule has 0 aromatic carbocycles. The maximum Gasteiger partial charge on any atom is 0.338 e. The van der Waals surface area contributed by atoms with E-state index in [4.69, 9.17) is 14.2 Å². The number of carbonyl (C=O) groups excluding carboxylic acids is 2. The largest absolute Gasteiger partial charge is 0.419 e. The van der Waals surface area contributed by atoms with Gasteiger partial charge in [-0.15, -0.1) is 0 Å². The first-order valence-electron chi connectivity index (χ1n) is 8.76. The minimum atomic E-state index is -1.50. The zero-order valence-electron chi connectivity index (χ0n) is 14.8. The van der Waals surface area contributed by atoms with E-state index in [0.717, 1.165) is 25.7 Å². The highest BCUT2D eigenvalue weighted by molar-refractivity contribution is 9.14. The first-order valence-corrected chi connectivity index (χ1v) is 11.9. The van der Waals surface area contributed by atoms with Crippen molar-refractivity contribution in [3.8, 4) is 0 Å². The lowest BCUT2D eigenvalue weighted by Crippen LogP contribution is -2.40. The summed E-state index contributed by atoms with van der Waals surface area (Å²) in [4.78, 5) is 25.0. The summed E-state index contributed by atoms with van der Waals surface area (Å²) >= 11 is 14.0. The van der Waals surface area contributed by atoms with Crippen LogP contribution in [0.4, 0.5) is 0 Å². The van der Waals surface area contributed by atoms with E-state index in [-0.39, 0.29) is 0 Å². The summed E-state index contributed by atoms with van der Waals surface area (Å²) < 4.78 is 19.4. The van der Waals surface area contributed by atoms with E-state index >= 15 is 0 Å². The molecule has 0 amide bonds. The molecule has 0 radical (unpaired) electrons. The summed E-state index contributed by atoms with van der Waals surface area (Å²) in [6, 6.07) is 0. The smallest absolute Gasteiger partial charge is 0.338 e. The number of hydrogen-bond donors (Lipinski definition) is 0. The zero-order valence-corrected chi connectivity index (χ0v) is 21.1. The molecule has 5 nitrogen and oxygen atoms in total. The fourth-order valence-corrected chi connectivity index (χ4v) is 6.39. The van der Waals surface area contributed by atoms with Crippen molar-refractivity contribution >= 4 is 75.7 Å². The lowest BCUT2D eigenvalue weighted by atomic mass is 10.1. The Kier molecular flexibility index (Phi) is 6.48. The van der Waals surface area contributed by atoms with Crippen molar-refractivity contribution in [1.29, 1.82) is 0 Å². The van der Waals surface area contributed by atoms with Crippen molar-refractivity contribution in [2.75, 3.05) is 0 Å². The van der Waals surface area contributed by atoms with Crippen molar-refractivity contribution in [3.05, 3.63) is 29.1 Å². The minimum Gasteiger partial charge on any atom is -0.419 e. The average molecular weight is 634 g/mol. The van der Waals surface area contributed by atoms with E-state index in [1.807, 2.05) is 0 Å². The van der Waals surface area contributed by atoms with Gasteiger partial charge in [0.1, 0.15) is 0 Å². The molecule has 0 aromatic rings. The molecule has 2 unspecified atom stereocenters. The fraction of sp³-hybridized carbons (Fsp3) is 0.556. The number of unbranched alkanes of at least 4 members (excludes halogenated alkanes) is 2. The van der Waals surface area contributed by atoms with Gasteiger partial charge < -0.3 is 9.47 Å². The van der Waals surface area contributed by atoms with Crippen LogP contribution in [-0.2, 0) is 23.8 Å². The molecule has 0 saturated carbocycles. The van der Waals surface area contributed by atoms with Crippen molar-refractivity contribution in [2.24, 2.45) is 0 Å². The SMILES string of the molecule is CCCCC1=C(Br)C2(OC1=O)OC1(OC(=O)C(CCCC)=C1Br)C(Br)=C2Br. The van der Waals surface area contributed by atoms with Gasteiger partial charge in [-0.1, -0.05) is 26.7 Å². The maximum absolute atomic E-state index is 12.5. The summed E-state index contributed by atoms with van der Waals surface area (Å²) in [5.41, 5.74) is 1.06. The Balaban J connectivity index is 2.04. The predicted octanol–water partition coefficient (Wildman–Crippen LogP) is 6.20. The predicted molar refractivity (Wildman–Crippen MR) is 115 cm³/mol. The van der Waals surface area contributed by atoms with Gasteiger partial charge in [0.05, 0.1) is 29.1 Å². The summed E-state index contributed by atoms with van der Waals surface area (Å²) in [6.45, 7) is 4.10. The van der Waals surface area contributed by atoms with Crippen molar-refractivity contribution < 1.29 is 23.8 Å². The van der Waals surface area contributed by atoms with Crippen molar-refractivity contribution in [3.63, 3.8) is 0 Å². The normalized spacial score (nSPS) is 30.4. The fourth-order valence-electron chi connectivity index (χ4n) is 3.18. The summed E-state index contributed by atoms with van der Waals surface area (Å²) in [6.07, 6.45) is 4.74. The van der Waals surface area contributed by atoms with Crippen LogP contribution in [0.5, 0.6) is 0 Å². The first kappa shape index (κ1) is 21.7. The van der Waals surface area contributed by atoms with Crippen LogP contribution in [0.3, 0.4) is 0 Å². The van der Waals surface area contributed by atoms with Gasteiger partial charge in [-0.05, 0) is 89.4 Å². The minimum absolute atomic E-state index is 0.444. The lowest BCUT2D eigenvalue weighted by molar-refractivity contribution is -0.247. The number of halogens is 4. The lowest BCUT2D eigenvalue weighted by Gasteiger charge is -2.29. The Morgan fingerprint density at radius 2 is 1.07 bits per heavy atom. The Morgan fingerprint density at radius 1 is 0.704 bits per heavy atom. The molecule has 3 rings (SSSR count). The van der Waals surface area contributed by atoms with Gasteiger partial charge in [0.25, 0.3) is 11.6 Å². The standard InChI is InChI=1S/C18H18Br4O5/c1-3-5-7-9-11(19)17(25-15(9)23)13(21)14(22)18(27-17)12(20)10(8-6-4-2)16(24)26-18/h3-8H2,1-2H3. The molecule has 0 saturated heterocycles. The van der Waals surface area contributed by atoms with Crippen LogP contribution in [0.1, 0.15) is 52.4 Å². The van der Waals surface area contributed by atoms with Gasteiger partial charge in [0.2, 0.25) is 0 Å². The molecule has 0 N–H and O–H groups in total. The number of rotatable bonds is 6. The van der Waals surface area contributed by atoms with E-state index < -0.39 is 23.5 Å². The van der Waals surface area contributed by atoms with Gasteiger partial charge in [0, 0.05) is 0 Å². The molecule has 3 aliphatic heterocycles. The van der Waals surface area contributed by atoms with E-state index in [1.165, 1.54) is 0 Å². The Hall–Kier alpha value is 0.0400. The molecule has 3 aliphatic rings. The maximum atomic E-state index is 12.5. The third-order valence-corrected chi connectivity index (χ3v) is 9.06.